The highest BCUT2D eigenvalue weighted by atomic mass is 32.1. The zero-order valence-corrected chi connectivity index (χ0v) is 9.39. The van der Waals surface area contributed by atoms with Gasteiger partial charge >= 0.3 is 0 Å². The van der Waals surface area contributed by atoms with Crippen LogP contribution in [0.1, 0.15) is 25.5 Å². The molecule has 0 aliphatic carbocycles. The average molecular weight is 211 g/mol. The summed E-state index contributed by atoms with van der Waals surface area (Å²) in [4.78, 5) is 6.89. The van der Waals surface area contributed by atoms with Crippen molar-refractivity contribution in [3.05, 3.63) is 11.1 Å². The van der Waals surface area contributed by atoms with Gasteiger partial charge in [0.1, 0.15) is 0 Å². The van der Waals surface area contributed by atoms with Crippen molar-refractivity contribution in [1.82, 2.24) is 4.98 Å². The average Bonchev–Trinajstić information content (AvgIpc) is 2.66. The Kier molecular flexibility index (Phi) is 3.03. The number of anilines is 1. The van der Waals surface area contributed by atoms with E-state index >= 15 is 0 Å². The van der Waals surface area contributed by atoms with E-state index in [4.69, 9.17) is 5.73 Å². The van der Waals surface area contributed by atoms with Gasteiger partial charge in [-0.3, -0.25) is 0 Å². The molecule has 2 N–H and O–H groups in total. The lowest BCUT2D eigenvalue weighted by Gasteiger charge is -2.30. The van der Waals surface area contributed by atoms with E-state index in [2.05, 4.69) is 22.2 Å². The molecule has 14 heavy (non-hydrogen) atoms. The van der Waals surface area contributed by atoms with Gasteiger partial charge in [0, 0.05) is 24.5 Å². The van der Waals surface area contributed by atoms with Crippen LogP contribution in [0.5, 0.6) is 0 Å². The largest absolute Gasteiger partial charge is 0.347 e. The Morgan fingerprint density at radius 3 is 3.21 bits per heavy atom. The minimum atomic E-state index is 0.331. The molecule has 0 aromatic carbocycles. The van der Waals surface area contributed by atoms with Crippen molar-refractivity contribution in [2.75, 3.05) is 18.0 Å². The number of rotatable bonds is 2. The Hall–Kier alpha value is -0.610. The van der Waals surface area contributed by atoms with Crippen LogP contribution in [0.2, 0.25) is 0 Å². The third kappa shape index (κ3) is 2.07. The first kappa shape index (κ1) is 9.93. The summed E-state index contributed by atoms with van der Waals surface area (Å²) in [5.74, 6) is 0. The second-order valence-electron chi connectivity index (χ2n) is 3.82. The molecule has 0 saturated carbocycles. The van der Waals surface area contributed by atoms with Crippen LogP contribution in [-0.2, 0) is 6.42 Å². The smallest absolute Gasteiger partial charge is 0.185 e. The minimum absolute atomic E-state index is 0.331. The van der Waals surface area contributed by atoms with Gasteiger partial charge in [0.15, 0.2) is 5.13 Å². The van der Waals surface area contributed by atoms with Crippen molar-refractivity contribution in [3.63, 3.8) is 0 Å². The number of hydrogen-bond acceptors (Lipinski definition) is 4. The van der Waals surface area contributed by atoms with Crippen LogP contribution in [0.3, 0.4) is 0 Å². The van der Waals surface area contributed by atoms with Gasteiger partial charge in [-0.1, -0.05) is 6.92 Å². The van der Waals surface area contributed by atoms with Crippen LogP contribution in [0, 0.1) is 0 Å². The molecule has 0 bridgehead atoms. The first-order valence-electron chi connectivity index (χ1n) is 5.24. The molecule has 1 atom stereocenters. The van der Waals surface area contributed by atoms with Gasteiger partial charge in [-0.25, -0.2) is 4.98 Å². The Labute approximate surface area is 88.9 Å². The molecule has 78 valence electrons. The van der Waals surface area contributed by atoms with Crippen molar-refractivity contribution in [2.24, 2.45) is 5.73 Å². The van der Waals surface area contributed by atoms with E-state index < -0.39 is 0 Å². The van der Waals surface area contributed by atoms with E-state index in [0.717, 1.165) is 31.1 Å². The van der Waals surface area contributed by atoms with Gasteiger partial charge in [-0.2, -0.15) is 0 Å². The van der Waals surface area contributed by atoms with Gasteiger partial charge in [-0.15, -0.1) is 11.3 Å². The maximum atomic E-state index is 5.94. The van der Waals surface area contributed by atoms with Gasteiger partial charge < -0.3 is 10.6 Å². The third-order valence-electron chi connectivity index (χ3n) is 2.63. The quantitative estimate of drug-likeness (QED) is 0.808. The van der Waals surface area contributed by atoms with Crippen molar-refractivity contribution < 1.29 is 0 Å². The summed E-state index contributed by atoms with van der Waals surface area (Å²) in [7, 11) is 0. The van der Waals surface area contributed by atoms with Crippen LogP contribution in [0.15, 0.2) is 5.38 Å². The molecular weight excluding hydrogens is 194 g/mol. The lowest BCUT2D eigenvalue weighted by Crippen LogP contribution is -2.42. The first-order valence-corrected chi connectivity index (χ1v) is 6.12. The highest BCUT2D eigenvalue weighted by Gasteiger charge is 2.18. The predicted octanol–water partition coefficient (Wildman–Crippen LogP) is 1.63. The molecule has 1 aliphatic heterocycles. The Bertz CT molecular complexity index is 297. The summed E-state index contributed by atoms with van der Waals surface area (Å²) in [6.07, 6.45) is 3.38. The molecule has 0 amide bonds. The number of nitrogens with two attached hydrogens (primary N) is 1. The number of thiazole rings is 1. The molecule has 0 spiro atoms. The summed E-state index contributed by atoms with van der Waals surface area (Å²) < 4.78 is 0. The zero-order valence-electron chi connectivity index (χ0n) is 8.57. The Morgan fingerprint density at radius 1 is 1.71 bits per heavy atom. The molecule has 1 fully saturated rings. The maximum absolute atomic E-state index is 5.94. The minimum Gasteiger partial charge on any atom is -0.347 e. The SMILES string of the molecule is CCc1csc(N2CCC[C@@H](N)C2)n1. The number of nitrogens with zero attached hydrogens (tertiary/aromatic N) is 2. The molecule has 0 unspecified atom stereocenters. The number of aryl methyl sites for hydroxylation is 1. The highest BCUT2D eigenvalue weighted by Crippen LogP contribution is 2.23. The van der Waals surface area contributed by atoms with E-state index in [1.807, 2.05) is 0 Å². The topological polar surface area (TPSA) is 42.1 Å². The van der Waals surface area contributed by atoms with Gasteiger partial charge in [0.05, 0.1) is 5.69 Å². The summed E-state index contributed by atoms with van der Waals surface area (Å²) >= 11 is 1.74. The Balaban J connectivity index is 2.06. The standard InChI is InChI=1S/C10H17N3S/c1-2-9-7-14-10(12-9)13-5-3-4-8(11)6-13/h7-8H,2-6,11H2,1H3/t8-/m1/s1. The molecule has 3 nitrogen and oxygen atoms in total. The van der Waals surface area contributed by atoms with Crippen molar-refractivity contribution in [3.8, 4) is 0 Å². The number of hydrogen-bond donors (Lipinski definition) is 1. The van der Waals surface area contributed by atoms with Crippen LogP contribution in [-0.4, -0.2) is 24.1 Å². The van der Waals surface area contributed by atoms with E-state index in [1.165, 1.54) is 12.1 Å². The monoisotopic (exact) mass is 211 g/mol. The van der Waals surface area contributed by atoms with Crippen molar-refractivity contribution in [1.29, 1.82) is 0 Å². The first-order chi connectivity index (χ1) is 6.79. The second-order valence-corrected chi connectivity index (χ2v) is 4.66. The second kappa shape index (κ2) is 4.28. The fourth-order valence-corrected chi connectivity index (χ4v) is 2.73. The Morgan fingerprint density at radius 2 is 2.57 bits per heavy atom. The predicted molar refractivity (Wildman–Crippen MR) is 60.9 cm³/mol. The third-order valence-corrected chi connectivity index (χ3v) is 3.58. The van der Waals surface area contributed by atoms with E-state index in [1.54, 1.807) is 11.3 Å². The zero-order chi connectivity index (χ0) is 9.97. The lowest BCUT2D eigenvalue weighted by molar-refractivity contribution is 0.505. The molecule has 1 saturated heterocycles. The molecule has 2 rings (SSSR count). The van der Waals surface area contributed by atoms with Crippen LogP contribution >= 0.6 is 11.3 Å². The van der Waals surface area contributed by atoms with E-state index in [0.29, 0.717) is 6.04 Å². The maximum Gasteiger partial charge on any atom is 0.185 e. The van der Waals surface area contributed by atoms with Crippen LogP contribution < -0.4 is 10.6 Å². The molecule has 1 aromatic rings. The van der Waals surface area contributed by atoms with E-state index in [9.17, 15) is 0 Å². The summed E-state index contributed by atoms with van der Waals surface area (Å²) in [6, 6.07) is 0.331. The van der Waals surface area contributed by atoms with E-state index in [-0.39, 0.29) is 0 Å². The molecule has 1 aliphatic rings. The number of piperidine rings is 1. The molecular formula is C10H17N3S. The normalized spacial score (nSPS) is 22.7. The highest BCUT2D eigenvalue weighted by molar-refractivity contribution is 7.13. The molecule has 2 heterocycles. The lowest BCUT2D eigenvalue weighted by atomic mass is 10.1. The summed E-state index contributed by atoms with van der Waals surface area (Å²) in [6.45, 7) is 4.22. The summed E-state index contributed by atoms with van der Waals surface area (Å²) in [5.41, 5.74) is 7.14. The van der Waals surface area contributed by atoms with Gasteiger partial charge in [-0.05, 0) is 19.3 Å². The fourth-order valence-electron chi connectivity index (χ4n) is 1.79. The van der Waals surface area contributed by atoms with Gasteiger partial charge in [0.25, 0.3) is 0 Å². The number of aromatic nitrogens is 1. The van der Waals surface area contributed by atoms with Crippen molar-refractivity contribution >= 4 is 16.5 Å². The van der Waals surface area contributed by atoms with Crippen molar-refractivity contribution in [2.45, 2.75) is 32.2 Å². The molecule has 0 radical (unpaired) electrons. The molecule has 1 aromatic heterocycles. The summed E-state index contributed by atoms with van der Waals surface area (Å²) in [5, 5.41) is 3.30. The van der Waals surface area contributed by atoms with Crippen LogP contribution in [0.25, 0.3) is 0 Å². The molecule has 4 heteroatoms. The van der Waals surface area contributed by atoms with Crippen LogP contribution in [0.4, 0.5) is 5.13 Å². The van der Waals surface area contributed by atoms with Gasteiger partial charge in [0.2, 0.25) is 0 Å². The fraction of sp³-hybridized carbons (Fsp3) is 0.700.